The molecule has 2 aliphatic heterocycles. The molecule has 0 saturated heterocycles. The van der Waals surface area contributed by atoms with Crippen molar-refractivity contribution in [2.45, 2.75) is 58.3 Å². The van der Waals surface area contributed by atoms with Crippen molar-refractivity contribution >= 4 is 108 Å². The van der Waals surface area contributed by atoms with E-state index in [4.69, 9.17) is 23.7 Å². The third kappa shape index (κ3) is 7.13. The van der Waals surface area contributed by atoms with Crippen LogP contribution in [0.3, 0.4) is 0 Å². The Kier molecular flexibility index (Phi) is 11.2. The lowest BCUT2D eigenvalue weighted by Crippen LogP contribution is -2.27. The number of nitrogens with zero attached hydrogens (tertiary/aromatic N) is 13. The van der Waals surface area contributed by atoms with Crippen molar-refractivity contribution in [3.8, 4) is 94.7 Å². The zero-order valence-corrected chi connectivity index (χ0v) is 46.8. The highest BCUT2D eigenvalue weighted by Gasteiger charge is 2.43. The fourth-order valence-corrected chi connectivity index (χ4v) is 17.2. The first kappa shape index (κ1) is 50.5. The van der Waals surface area contributed by atoms with Crippen LogP contribution in [0.15, 0.2) is 79.5 Å². The summed E-state index contributed by atoms with van der Waals surface area (Å²) in [5.41, 5.74) is 7.42. The van der Waals surface area contributed by atoms with Gasteiger partial charge in [-0.15, -0.1) is 45.3 Å². The number of aryl methyl sites for hydroxylation is 1. The molecule has 21 heteroatoms. The Labute approximate surface area is 480 Å². The van der Waals surface area contributed by atoms with Gasteiger partial charge in [0.15, 0.2) is 5.78 Å². The molecule has 0 fully saturated rings. The fourth-order valence-electron chi connectivity index (χ4n) is 11.3. The molecule has 7 heterocycles. The van der Waals surface area contributed by atoms with Gasteiger partial charge in [0, 0.05) is 62.5 Å². The van der Waals surface area contributed by atoms with Crippen LogP contribution in [-0.4, -0.2) is 25.9 Å². The van der Waals surface area contributed by atoms with Gasteiger partial charge in [-0.3, -0.25) is 4.79 Å². The van der Waals surface area contributed by atoms with Crippen LogP contribution < -0.4 is 4.74 Å². The number of carbonyl (C=O) groups excluding carboxylic acids is 1. The quantitative estimate of drug-likeness (QED) is 0.124. The highest BCUT2D eigenvalue weighted by atomic mass is 32.1. The maximum Gasteiger partial charge on any atom is 0.194 e. The van der Waals surface area contributed by atoms with Crippen LogP contribution in [-0.2, 0) is 28.9 Å². The highest BCUT2D eigenvalue weighted by molar-refractivity contribution is 7.58. The molecule has 382 valence electrons. The van der Waals surface area contributed by atoms with Crippen LogP contribution in [0.4, 0.5) is 11.4 Å². The average Bonchev–Trinajstić information content (AvgIpc) is 3.64. The topological polar surface area (TPSA) is 292 Å². The molecule has 5 aliphatic rings. The number of ketones is 1. The normalized spacial score (nSPS) is 16.7. The second kappa shape index (κ2) is 18.0. The average molecular weight is 1140 g/mol. The molecular formula is C60H29N13O3S5. The van der Waals surface area contributed by atoms with E-state index in [0.717, 1.165) is 73.3 Å². The van der Waals surface area contributed by atoms with Gasteiger partial charge in [0.2, 0.25) is 0 Å². The zero-order chi connectivity index (χ0) is 56.7. The van der Waals surface area contributed by atoms with Crippen LogP contribution in [0.25, 0.3) is 74.7 Å². The Balaban J connectivity index is 0.908. The van der Waals surface area contributed by atoms with E-state index >= 15 is 0 Å². The van der Waals surface area contributed by atoms with Gasteiger partial charge in [0.1, 0.15) is 99.6 Å². The summed E-state index contributed by atoms with van der Waals surface area (Å²) in [6.07, 6.45) is 2.15. The first-order valence-electron chi connectivity index (χ1n) is 24.6. The molecule has 0 bridgehead atoms. The van der Waals surface area contributed by atoms with Gasteiger partial charge in [-0.1, -0.05) is 13.8 Å². The van der Waals surface area contributed by atoms with Gasteiger partial charge in [0.05, 0.1) is 61.0 Å². The van der Waals surface area contributed by atoms with E-state index < -0.39 is 22.9 Å². The summed E-state index contributed by atoms with van der Waals surface area (Å²) in [5.74, 6) is 0.0962. The summed E-state index contributed by atoms with van der Waals surface area (Å²) in [7, 11) is 0. The first-order valence-corrected chi connectivity index (χ1v) is 28.6. The minimum Gasteiger partial charge on any atom is -0.482 e. The Morgan fingerprint density at radius 2 is 1.14 bits per heavy atom. The third-order valence-electron chi connectivity index (χ3n) is 15.1. The number of aliphatic hydroxyl groups excluding tert-OH is 1. The molecule has 0 radical (unpaired) electrons. The Morgan fingerprint density at radius 1 is 0.630 bits per heavy atom. The number of aromatic nitrogens is 3. The zero-order valence-electron chi connectivity index (χ0n) is 42.7. The predicted octanol–water partition coefficient (Wildman–Crippen LogP) is 13.9. The van der Waals surface area contributed by atoms with Gasteiger partial charge in [-0.2, -0.15) is 65.8 Å². The SMILES string of the molecule is CCn1nc2c(-c3cc4c(s3)-c3sc(/C=C5\C(=O)c6cc(C#N)c(C#N)cc6C5=C(C#N)C#N)cc3OC4(C)C)c3c(c(-c4cc5c(s4)-c4sc(/C=C6/C(=C(C#N)C#N)c7cc(C#N)c(C#N)cc7C6O)cc4C5(C)C)c2n1)N=S=N3. The van der Waals surface area contributed by atoms with Crippen molar-refractivity contribution in [2.75, 3.05) is 0 Å². The number of hydrogen-bond acceptors (Lipinski definition) is 19. The van der Waals surface area contributed by atoms with Gasteiger partial charge < -0.3 is 9.84 Å². The van der Waals surface area contributed by atoms with Gasteiger partial charge in [-0.25, -0.2) is 0 Å². The number of aliphatic hydroxyl groups is 1. The molecule has 0 amide bonds. The molecule has 0 spiro atoms. The first-order chi connectivity index (χ1) is 39.0. The van der Waals surface area contributed by atoms with E-state index in [9.17, 15) is 52.0 Å². The molecule has 1 atom stereocenters. The van der Waals surface area contributed by atoms with Crippen molar-refractivity contribution in [3.63, 3.8) is 0 Å². The summed E-state index contributed by atoms with van der Waals surface area (Å²) in [6.45, 7) is 10.7. The maximum atomic E-state index is 14.1. The fraction of sp³-hybridized carbons (Fsp3) is 0.150. The number of carbonyl (C=O) groups is 1. The minimum absolute atomic E-state index is 0.00988. The van der Waals surface area contributed by atoms with E-state index in [-0.39, 0.29) is 61.2 Å². The Hall–Kier alpha value is -10.0. The van der Waals surface area contributed by atoms with Crippen molar-refractivity contribution in [1.29, 1.82) is 42.1 Å². The lowest BCUT2D eigenvalue weighted by molar-refractivity contribution is 0.104. The third-order valence-corrected chi connectivity index (χ3v) is 20.4. The summed E-state index contributed by atoms with van der Waals surface area (Å²) in [6, 6.07) is 29.6. The molecule has 5 aromatic heterocycles. The minimum atomic E-state index is -1.26. The molecule has 1 N–H and O–H groups in total. The van der Waals surface area contributed by atoms with Crippen molar-refractivity contribution < 1.29 is 14.6 Å². The van der Waals surface area contributed by atoms with Crippen LogP contribution in [0.1, 0.15) is 116 Å². The molecule has 1 unspecified atom stereocenters. The summed E-state index contributed by atoms with van der Waals surface area (Å²) in [5, 5.41) is 101. The van der Waals surface area contributed by atoms with E-state index in [1.807, 2.05) is 75.4 Å². The molecule has 16 nitrogen and oxygen atoms in total. The van der Waals surface area contributed by atoms with Crippen LogP contribution in [0.5, 0.6) is 5.75 Å². The van der Waals surface area contributed by atoms with Crippen molar-refractivity contribution in [2.24, 2.45) is 8.73 Å². The van der Waals surface area contributed by atoms with Gasteiger partial charge in [-0.05, 0) is 115 Å². The molecule has 3 aliphatic carbocycles. The molecule has 81 heavy (non-hydrogen) atoms. The molecular weight excluding hydrogens is 1110 g/mol. The number of hydrogen-bond donors (Lipinski definition) is 1. The lowest BCUT2D eigenvalue weighted by atomic mass is 9.83. The standard InChI is InChI=1S/C60H29N13O3S5/c1-6-73-69-49-47(43-15-40-56(79-43)55-39(59(40,2)3)13-31(77-55)11-37-45(29(21-65)22-66)33-7-25(17-61)27(19-63)9-35(33)53(37)74)51-52(72-81-71-51)48(50(49)70-73)44-16-41-57(80-44)58-42(76-60(41,4)5)14-32(78-58)12-38-46(30(23-67)24-68)34-8-26(18-62)28(20-64)10-36(34)54(38)75/h7-16,53,74H,6H2,1-5H3/b37-11-,38-12-. The molecule has 8 aromatic rings. The number of ether oxygens (including phenoxy) is 1. The number of thiophene rings is 4. The molecule has 13 rings (SSSR count). The highest BCUT2D eigenvalue weighted by Crippen LogP contribution is 2.62. The van der Waals surface area contributed by atoms with E-state index in [0.29, 0.717) is 56.3 Å². The summed E-state index contributed by atoms with van der Waals surface area (Å²) in [4.78, 5) is 22.8. The van der Waals surface area contributed by atoms with Crippen LogP contribution in [0, 0.1) is 90.6 Å². The van der Waals surface area contributed by atoms with E-state index in [2.05, 4.69) is 32.0 Å². The second-order valence-electron chi connectivity index (χ2n) is 20.2. The molecule has 0 saturated carbocycles. The van der Waals surface area contributed by atoms with E-state index in [1.54, 1.807) is 39.6 Å². The summed E-state index contributed by atoms with van der Waals surface area (Å²) >= 11 is 7.17. The number of nitriles is 8. The van der Waals surface area contributed by atoms with E-state index in [1.165, 1.54) is 46.9 Å². The number of fused-ring (bicyclic) bond motifs is 10. The lowest BCUT2D eigenvalue weighted by Gasteiger charge is -2.31. The van der Waals surface area contributed by atoms with Gasteiger partial charge >= 0.3 is 0 Å². The number of rotatable bonds is 5. The number of allylic oxidation sites excluding steroid dienone is 4. The Morgan fingerprint density at radius 3 is 1.73 bits per heavy atom. The largest absolute Gasteiger partial charge is 0.482 e. The second-order valence-corrected chi connectivity index (χ2v) is 25.0. The van der Waals surface area contributed by atoms with Crippen LogP contribution in [0.2, 0.25) is 0 Å². The monoisotopic (exact) mass is 1140 g/mol. The maximum absolute atomic E-state index is 14.1. The number of Topliss-reactive ketones (excluding diaryl/α,β-unsaturated/α-hetero) is 1. The Bertz CT molecular complexity index is 4950. The summed E-state index contributed by atoms with van der Waals surface area (Å²) < 4.78 is 16.6. The van der Waals surface area contributed by atoms with Crippen molar-refractivity contribution in [3.05, 3.63) is 142 Å². The predicted molar refractivity (Wildman–Crippen MR) is 307 cm³/mol. The molecule has 3 aromatic carbocycles. The van der Waals surface area contributed by atoms with Crippen LogP contribution >= 0.6 is 45.3 Å². The smallest absolute Gasteiger partial charge is 0.194 e. The van der Waals surface area contributed by atoms with Gasteiger partial charge in [0.25, 0.3) is 0 Å². The number of benzene rings is 3. The van der Waals surface area contributed by atoms with Crippen molar-refractivity contribution in [1.82, 2.24) is 15.0 Å².